The van der Waals surface area contributed by atoms with E-state index in [1.165, 1.54) is 0 Å². The molecule has 0 saturated heterocycles. The number of ether oxygens (including phenoxy) is 8. The number of aliphatic hydroxyl groups excluding tert-OH is 1. The molecule has 0 rings (SSSR count). The quantitative estimate of drug-likeness (QED) is 0.0785. The summed E-state index contributed by atoms with van der Waals surface area (Å²) in [5, 5.41) is 8.59. The van der Waals surface area contributed by atoms with Crippen molar-refractivity contribution in [3.8, 4) is 0 Å². The van der Waals surface area contributed by atoms with E-state index >= 15 is 0 Å². The molecule has 0 radical (unpaired) electrons. The molecule has 0 aliphatic rings. The average molecular weight is 707 g/mol. The minimum Gasteiger partial charge on any atom is -0.417 e. The van der Waals surface area contributed by atoms with Crippen LogP contribution in [0.15, 0.2) is 0 Å². The second kappa shape index (κ2) is 26.4. The molecule has 266 valence electrons. The first-order valence-corrected chi connectivity index (χ1v) is 28.2. The third kappa shape index (κ3) is 32.3. The van der Waals surface area contributed by atoms with Crippen molar-refractivity contribution in [2.45, 2.75) is 71.4 Å². The highest BCUT2D eigenvalue weighted by Crippen LogP contribution is 2.29. The standard InChI is InChI=1S/C28H66O12Si4/c1-41(2,3)38-44(39-42(4,5)6,40-43(7,8)9)28-10-12-30-14-16-32-18-20-34-22-24-36-26-27-37-25-23-35-21-19-33-17-15-31-13-11-29/h29H,10-28H2,1-9H3. The Labute approximate surface area is 272 Å². The van der Waals surface area contributed by atoms with Gasteiger partial charge in [0.2, 0.25) is 0 Å². The van der Waals surface area contributed by atoms with Crippen molar-refractivity contribution in [1.29, 1.82) is 0 Å². The number of hydrogen-bond donors (Lipinski definition) is 1. The summed E-state index contributed by atoms with van der Waals surface area (Å²) in [5.74, 6) is 0. The van der Waals surface area contributed by atoms with E-state index in [1.807, 2.05) is 0 Å². The van der Waals surface area contributed by atoms with Gasteiger partial charge in [-0.2, -0.15) is 0 Å². The fourth-order valence-electron chi connectivity index (χ4n) is 3.71. The van der Waals surface area contributed by atoms with Crippen LogP contribution >= 0.6 is 0 Å². The van der Waals surface area contributed by atoms with Crippen molar-refractivity contribution in [2.75, 3.05) is 112 Å². The Balaban J connectivity index is 3.71. The van der Waals surface area contributed by atoms with Crippen LogP contribution in [-0.2, 0) is 50.2 Å². The van der Waals surface area contributed by atoms with Crippen molar-refractivity contribution >= 4 is 33.8 Å². The van der Waals surface area contributed by atoms with E-state index in [2.05, 4.69) is 58.9 Å². The molecule has 0 amide bonds. The highest BCUT2D eigenvalue weighted by molar-refractivity contribution is 6.90. The molecule has 16 heteroatoms. The minimum atomic E-state index is -2.80. The molecule has 0 aromatic rings. The van der Waals surface area contributed by atoms with Crippen LogP contribution in [0.2, 0.25) is 65.0 Å². The average Bonchev–Trinajstić information content (AvgIpc) is 2.87. The van der Waals surface area contributed by atoms with Crippen LogP contribution in [0.4, 0.5) is 0 Å². The maximum atomic E-state index is 8.59. The van der Waals surface area contributed by atoms with Gasteiger partial charge in [-0.15, -0.1) is 0 Å². The van der Waals surface area contributed by atoms with Gasteiger partial charge in [0, 0.05) is 12.7 Å². The number of rotatable bonds is 33. The Kier molecular flexibility index (Phi) is 26.6. The van der Waals surface area contributed by atoms with Crippen LogP contribution in [0.5, 0.6) is 0 Å². The summed E-state index contributed by atoms with van der Waals surface area (Å²) in [5.41, 5.74) is 0. The highest BCUT2D eigenvalue weighted by Gasteiger charge is 2.49. The zero-order chi connectivity index (χ0) is 33.2. The molecule has 0 aromatic carbocycles. The Morgan fingerprint density at radius 2 is 0.568 bits per heavy atom. The van der Waals surface area contributed by atoms with Crippen LogP contribution < -0.4 is 0 Å². The van der Waals surface area contributed by atoms with E-state index in [0.29, 0.717) is 106 Å². The van der Waals surface area contributed by atoms with Gasteiger partial charge in [0.05, 0.1) is 106 Å². The molecule has 1 N–H and O–H groups in total. The normalized spacial score (nSPS) is 13.2. The predicted octanol–water partition coefficient (Wildman–Crippen LogP) is 4.00. The van der Waals surface area contributed by atoms with E-state index < -0.39 is 33.8 Å². The van der Waals surface area contributed by atoms with Gasteiger partial charge in [0.15, 0.2) is 25.0 Å². The molecular weight excluding hydrogens is 641 g/mol. The Hall–Kier alpha value is 0.388. The first kappa shape index (κ1) is 44.4. The first-order valence-electron chi connectivity index (χ1n) is 16.0. The molecule has 0 saturated carbocycles. The summed E-state index contributed by atoms with van der Waals surface area (Å²) >= 11 is 0. The van der Waals surface area contributed by atoms with Gasteiger partial charge in [0.1, 0.15) is 0 Å². The topological polar surface area (TPSA) is 122 Å². The van der Waals surface area contributed by atoms with Crippen molar-refractivity contribution in [3.05, 3.63) is 0 Å². The lowest BCUT2D eigenvalue weighted by Gasteiger charge is -2.42. The first-order chi connectivity index (χ1) is 20.7. The molecule has 0 aliphatic heterocycles. The smallest absolute Gasteiger partial charge is 0.417 e. The lowest BCUT2D eigenvalue weighted by molar-refractivity contribution is -0.0238. The molecule has 0 fully saturated rings. The van der Waals surface area contributed by atoms with Crippen LogP contribution in [0.25, 0.3) is 0 Å². The van der Waals surface area contributed by atoms with Crippen molar-refractivity contribution in [2.24, 2.45) is 0 Å². The predicted molar refractivity (Wildman–Crippen MR) is 182 cm³/mol. The molecule has 44 heavy (non-hydrogen) atoms. The minimum absolute atomic E-state index is 0.0275. The maximum Gasteiger partial charge on any atom is 0.469 e. The highest BCUT2D eigenvalue weighted by atomic mass is 28.5. The molecule has 0 unspecified atom stereocenters. The van der Waals surface area contributed by atoms with Crippen molar-refractivity contribution in [1.82, 2.24) is 0 Å². The molecule has 0 spiro atoms. The third-order valence-corrected chi connectivity index (χ3v) is 17.0. The molecule has 12 nitrogen and oxygen atoms in total. The summed E-state index contributed by atoms with van der Waals surface area (Å²) in [7, 11) is -8.37. The summed E-state index contributed by atoms with van der Waals surface area (Å²) < 4.78 is 64.0. The second-order valence-electron chi connectivity index (χ2n) is 13.1. The largest absolute Gasteiger partial charge is 0.469 e. The zero-order valence-electron chi connectivity index (χ0n) is 29.4. The summed E-state index contributed by atoms with van der Waals surface area (Å²) in [4.78, 5) is 0. The third-order valence-electron chi connectivity index (χ3n) is 5.00. The molecule has 0 heterocycles. The lowest BCUT2D eigenvalue weighted by Crippen LogP contribution is -2.60. The van der Waals surface area contributed by atoms with Crippen LogP contribution in [0.1, 0.15) is 6.42 Å². The van der Waals surface area contributed by atoms with Gasteiger partial charge < -0.3 is 55.3 Å². The molecule has 0 atom stereocenters. The van der Waals surface area contributed by atoms with Gasteiger partial charge in [0.25, 0.3) is 0 Å². The van der Waals surface area contributed by atoms with Crippen molar-refractivity contribution in [3.63, 3.8) is 0 Å². The van der Waals surface area contributed by atoms with Crippen LogP contribution in [-0.4, -0.2) is 151 Å². The monoisotopic (exact) mass is 706 g/mol. The van der Waals surface area contributed by atoms with E-state index in [-0.39, 0.29) is 6.61 Å². The lowest BCUT2D eigenvalue weighted by atomic mass is 10.5. The number of aliphatic hydroxyl groups is 1. The summed E-state index contributed by atoms with van der Waals surface area (Å²) in [6.45, 7) is 28.0. The Morgan fingerprint density at radius 1 is 0.341 bits per heavy atom. The molecule has 0 aromatic heterocycles. The second-order valence-corrected chi connectivity index (χ2v) is 30.0. The van der Waals surface area contributed by atoms with Crippen LogP contribution in [0.3, 0.4) is 0 Å². The summed E-state index contributed by atoms with van der Waals surface area (Å²) in [6.07, 6.45) is 0.841. The van der Waals surface area contributed by atoms with Gasteiger partial charge in [-0.25, -0.2) is 0 Å². The van der Waals surface area contributed by atoms with E-state index in [9.17, 15) is 0 Å². The Bertz CT molecular complexity index is 605. The van der Waals surface area contributed by atoms with Gasteiger partial charge in [-0.1, -0.05) is 0 Å². The van der Waals surface area contributed by atoms with E-state index in [0.717, 1.165) is 12.5 Å². The fraction of sp³-hybridized carbons (Fsp3) is 1.00. The SMILES string of the molecule is C[Si](C)(C)O[Si](CCCOCCOCCOCCOCCOCCOCCOCCOCCO)(O[Si](C)(C)C)O[Si](C)(C)C. The molecule has 0 bridgehead atoms. The van der Waals surface area contributed by atoms with E-state index in [1.54, 1.807) is 0 Å². The van der Waals surface area contributed by atoms with E-state index in [4.69, 9.17) is 55.3 Å². The summed E-state index contributed by atoms with van der Waals surface area (Å²) in [6, 6.07) is 0.782. The van der Waals surface area contributed by atoms with Gasteiger partial charge in [-0.3, -0.25) is 0 Å². The Morgan fingerprint density at radius 3 is 0.795 bits per heavy atom. The molecule has 0 aliphatic carbocycles. The molecular formula is C28H66O12Si4. The van der Waals surface area contributed by atoms with Crippen molar-refractivity contribution < 1.29 is 55.3 Å². The van der Waals surface area contributed by atoms with Crippen LogP contribution in [0, 0.1) is 0 Å². The van der Waals surface area contributed by atoms with Gasteiger partial charge in [-0.05, 0) is 65.3 Å². The number of hydrogen-bond acceptors (Lipinski definition) is 12. The van der Waals surface area contributed by atoms with Gasteiger partial charge >= 0.3 is 8.80 Å². The maximum absolute atomic E-state index is 8.59. The fourth-order valence-corrected chi connectivity index (χ4v) is 18.3. The zero-order valence-corrected chi connectivity index (χ0v) is 33.4.